The fourth-order valence-electron chi connectivity index (χ4n) is 5.47. The van der Waals surface area contributed by atoms with Crippen molar-refractivity contribution in [3.63, 3.8) is 0 Å². The summed E-state index contributed by atoms with van der Waals surface area (Å²) in [7, 11) is 2.18. The van der Waals surface area contributed by atoms with Crippen molar-refractivity contribution in [2.75, 3.05) is 13.7 Å². The molecule has 1 aliphatic heterocycles. The van der Waals surface area contributed by atoms with E-state index < -0.39 is 0 Å². The highest BCUT2D eigenvalue weighted by Gasteiger charge is 2.44. The number of ether oxygens (including phenoxy) is 1. The van der Waals surface area contributed by atoms with Crippen LogP contribution in [0, 0.1) is 0 Å². The molecular weight excluding hydrogens is 426 g/mol. The van der Waals surface area contributed by atoms with E-state index >= 15 is 0 Å². The summed E-state index contributed by atoms with van der Waals surface area (Å²) in [6.07, 6.45) is 15.1. The summed E-state index contributed by atoms with van der Waals surface area (Å²) < 4.78 is 8.33. The predicted molar refractivity (Wildman–Crippen MR) is 151 cm³/mol. The summed E-state index contributed by atoms with van der Waals surface area (Å²) in [5, 5.41) is 2.66. The van der Waals surface area contributed by atoms with Gasteiger partial charge in [0.1, 0.15) is 12.8 Å². The molecule has 0 atom stereocenters. The molecule has 4 rings (SSSR count). The quantitative estimate of drug-likeness (QED) is 0.191. The van der Waals surface area contributed by atoms with E-state index in [-0.39, 0.29) is 5.41 Å². The lowest BCUT2D eigenvalue weighted by Crippen LogP contribution is -2.26. The summed E-state index contributed by atoms with van der Waals surface area (Å²) in [6.45, 7) is 7.76. The number of rotatable bonds is 12. The summed E-state index contributed by atoms with van der Waals surface area (Å²) in [5.41, 5.74) is 5.18. The maximum Gasteiger partial charge on any atom is 0.210 e. The molecule has 184 valence electrons. The first-order chi connectivity index (χ1) is 17.0. The van der Waals surface area contributed by atoms with E-state index in [1.807, 2.05) is 0 Å². The molecule has 35 heavy (non-hydrogen) atoms. The van der Waals surface area contributed by atoms with Crippen LogP contribution >= 0.6 is 0 Å². The summed E-state index contributed by atoms with van der Waals surface area (Å²) in [4.78, 5) is 0. The topological polar surface area (TPSA) is 12.2 Å². The van der Waals surface area contributed by atoms with Crippen LogP contribution in [0.5, 0.6) is 5.75 Å². The molecule has 0 saturated heterocycles. The Morgan fingerprint density at radius 2 is 1.46 bits per heavy atom. The van der Waals surface area contributed by atoms with Crippen molar-refractivity contribution in [3.8, 4) is 5.75 Å². The Morgan fingerprint density at radius 3 is 2.20 bits per heavy atom. The van der Waals surface area contributed by atoms with Crippen LogP contribution < -0.4 is 4.74 Å². The van der Waals surface area contributed by atoms with Crippen LogP contribution in [0.4, 0.5) is 5.69 Å². The molecule has 0 fully saturated rings. The van der Waals surface area contributed by atoms with Crippen molar-refractivity contribution in [2.45, 2.75) is 77.6 Å². The highest BCUT2D eigenvalue weighted by atomic mass is 16.5. The Balaban J connectivity index is 1.33. The zero-order chi connectivity index (χ0) is 24.7. The Bertz CT molecular complexity index is 1180. The minimum atomic E-state index is -0.0551. The molecule has 0 amide bonds. The molecule has 1 heterocycles. The predicted octanol–water partition coefficient (Wildman–Crippen LogP) is 9.08. The smallest absolute Gasteiger partial charge is 0.210 e. The van der Waals surface area contributed by atoms with Gasteiger partial charge in [-0.3, -0.25) is 0 Å². The Hall–Kier alpha value is -2.87. The molecule has 3 aromatic rings. The minimum absolute atomic E-state index is 0.0551. The Labute approximate surface area is 212 Å². The van der Waals surface area contributed by atoms with E-state index in [9.17, 15) is 0 Å². The molecule has 0 radical (unpaired) electrons. The third-order valence-electron chi connectivity index (χ3n) is 7.48. The average molecular weight is 469 g/mol. The van der Waals surface area contributed by atoms with Crippen molar-refractivity contribution in [3.05, 3.63) is 77.9 Å². The van der Waals surface area contributed by atoms with Gasteiger partial charge in [-0.05, 0) is 60.9 Å². The molecule has 0 unspecified atom stereocenters. The van der Waals surface area contributed by atoms with Gasteiger partial charge < -0.3 is 4.74 Å². The average Bonchev–Trinajstić information content (AvgIpc) is 3.07. The van der Waals surface area contributed by atoms with Crippen molar-refractivity contribution < 1.29 is 9.31 Å². The number of hydrogen-bond donors (Lipinski definition) is 0. The number of allylic oxidation sites excluding steroid dienone is 1. The van der Waals surface area contributed by atoms with Crippen molar-refractivity contribution in [2.24, 2.45) is 0 Å². The first-order valence-electron chi connectivity index (χ1n) is 13.6. The van der Waals surface area contributed by atoms with E-state index in [1.165, 1.54) is 78.2 Å². The van der Waals surface area contributed by atoms with E-state index in [4.69, 9.17) is 4.74 Å². The van der Waals surface area contributed by atoms with Gasteiger partial charge in [0.25, 0.3) is 0 Å². The maximum atomic E-state index is 5.98. The summed E-state index contributed by atoms with van der Waals surface area (Å²) in [5.74, 6) is 0.968. The number of fused-ring (bicyclic) bond motifs is 3. The highest BCUT2D eigenvalue weighted by molar-refractivity contribution is 6.09. The number of benzene rings is 3. The second-order valence-corrected chi connectivity index (χ2v) is 10.5. The number of hydrogen-bond acceptors (Lipinski definition) is 1. The largest absolute Gasteiger partial charge is 0.494 e. The zero-order valence-electron chi connectivity index (χ0n) is 22.1. The standard InChI is InChI=1S/C33H42NO/c1-5-6-7-8-9-10-11-14-25-35-28-21-17-26(18-22-28)19-24-31-33(2,3)32-29-16-13-12-15-27(29)20-23-30(32)34(31)4/h12-13,15-24H,5-11,14,25H2,1-4H3/q+1. The van der Waals surface area contributed by atoms with Gasteiger partial charge in [0.2, 0.25) is 5.69 Å². The lowest BCUT2D eigenvalue weighted by Gasteiger charge is -2.17. The third kappa shape index (κ3) is 5.86. The second kappa shape index (κ2) is 11.7. The van der Waals surface area contributed by atoms with Crippen LogP contribution in [0.3, 0.4) is 0 Å². The number of nitrogens with zero attached hydrogens (tertiary/aromatic N) is 1. The van der Waals surface area contributed by atoms with E-state index in [2.05, 4.69) is 105 Å². The molecule has 0 saturated carbocycles. The minimum Gasteiger partial charge on any atom is -0.494 e. The molecule has 3 aromatic carbocycles. The third-order valence-corrected chi connectivity index (χ3v) is 7.48. The lowest BCUT2D eigenvalue weighted by molar-refractivity contribution is -0.401. The van der Waals surface area contributed by atoms with Crippen LogP contribution in [0.25, 0.3) is 16.8 Å². The highest BCUT2D eigenvalue weighted by Crippen LogP contribution is 2.43. The molecule has 2 nitrogen and oxygen atoms in total. The van der Waals surface area contributed by atoms with E-state index in [0.29, 0.717) is 0 Å². The van der Waals surface area contributed by atoms with E-state index in [1.54, 1.807) is 0 Å². The molecule has 0 aromatic heterocycles. The first-order valence-corrected chi connectivity index (χ1v) is 13.6. The van der Waals surface area contributed by atoms with Crippen LogP contribution in [0.1, 0.15) is 83.3 Å². The van der Waals surface area contributed by atoms with Gasteiger partial charge in [0, 0.05) is 17.7 Å². The van der Waals surface area contributed by atoms with Crippen LogP contribution in [-0.2, 0) is 5.41 Å². The van der Waals surface area contributed by atoms with Gasteiger partial charge in [-0.25, -0.2) is 0 Å². The Kier molecular flexibility index (Phi) is 8.44. The van der Waals surface area contributed by atoms with Crippen LogP contribution in [0.2, 0.25) is 0 Å². The lowest BCUT2D eigenvalue weighted by atomic mass is 9.79. The summed E-state index contributed by atoms with van der Waals surface area (Å²) >= 11 is 0. The maximum absolute atomic E-state index is 5.98. The molecule has 0 bridgehead atoms. The molecule has 1 aliphatic rings. The summed E-state index contributed by atoms with van der Waals surface area (Å²) in [6, 6.07) is 21.7. The van der Waals surface area contributed by atoms with E-state index in [0.717, 1.165) is 18.8 Å². The monoisotopic (exact) mass is 468 g/mol. The van der Waals surface area contributed by atoms with Gasteiger partial charge in [-0.15, -0.1) is 0 Å². The Morgan fingerprint density at radius 1 is 0.771 bits per heavy atom. The zero-order valence-corrected chi connectivity index (χ0v) is 22.1. The molecule has 0 N–H and O–H groups in total. The molecule has 0 aliphatic carbocycles. The fourth-order valence-corrected chi connectivity index (χ4v) is 5.47. The van der Waals surface area contributed by atoms with Crippen LogP contribution in [-0.4, -0.2) is 23.9 Å². The fraction of sp³-hybridized carbons (Fsp3) is 0.424. The molecular formula is C33H42NO+. The first kappa shape index (κ1) is 25.2. The van der Waals surface area contributed by atoms with Gasteiger partial charge in [-0.1, -0.05) is 88.3 Å². The second-order valence-electron chi connectivity index (χ2n) is 10.5. The van der Waals surface area contributed by atoms with Crippen molar-refractivity contribution >= 4 is 28.2 Å². The number of unbranched alkanes of at least 4 members (excludes halogenated alkanes) is 7. The molecule has 2 heteroatoms. The van der Waals surface area contributed by atoms with Gasteiger partial charge in [0.05, 0.1) is 12.0 Å². The van der Waals surface area contributed by atoms with Crippen molar-refractivity contribution in [1.82, 2.24) is 0 Å². The SMILES string of the molecule is CCCCCCCCCCOc1ccc(C=CC2=[N+](C)c3ccc4ccccc4c3C2(C)C)cc1. The van der Waals surface area contributed by atoms with Crippen molar-refractivity contribution in [1.29, 1.82) is 0 Å². The van der Waals surface area contributed by atoms with Gasteiger partial charge >= 0.3 is 0 Å². The van der Waals surface area contributed by atoms with Gasteiger partial charge in [0.15, 0.2) is 5.71 Å². The molecule has 0 spiro atoms. The van der Waals surface area contributed by atoms with Crippen LogP contribution in [0.15, 0.2) is 66.7 Å². The normalized spacial score (nSPS) is 14.7. The van der Waals surface area contributed by atoms with Gasteiger partial charge in [-0.2, -0.15) is 4.58 Å².